The molecule has 0 nitrogen and oxygen atoms in total. The Balaban J connectivity index is 3.02. The maximum atomic E-state index is 4.01. The molecule has 0 amide bonds. The maximum Gasteiger partial charge on any atom is 0.00736 e. The molecule has 0 aliphatic heterocycles. The second kappa shape index (κ2) is 1.21. The molecule has 31 valence electrons. The first-order valence-corrected chi connectivity index (χ1v) is 2.02. The van der Waals surface area contributed by atoms with Gasteiger partial charge in [-0.25, -0.2) is 0 Å². The van der Waals surface area contributed by atoms with Crippen LogP contribution < -0.4 is 0 Å². The molecule has 0 aromatic rings. The van der Waals surface area contributed by atoms with Crippen LogP contribution in [0.25, 0.3) is 0 Å². The first kappa shape index (κ1) is 5.35. The van der Waals surface area contributed by atoms with Crippen LogP contribution in [-0.2, 0) is 0 Å². The third-order valence-corrected chi connectivity index (χ3v) is 0. The van der Waals surface area contributed by atoms with Gasteiger partial charge in [-0.1, -0.05) is 13.8 Å². The summed E-state index contributed by atoms with van der Waals surface area (Å²) in [4.78, 5) is 0. The summed E-state index contributed by atoms with van der Waals surface area (Å²) in [5.74, 6) is 0. The second-order valence-electron chi connectivity index (χ2n) is 1.81. The van der Waals surface area contributed by atoms with Crippen molar-refractivity contribution in [2.24, 2.45) is 0 Å². The van der Waals surface area contributed by atoms with E-state index in [1.807, 2.05) is 13.8 Å². The van der Waals surface area contributed by atoms with Crippen LogP contribution in [0.5, 0.6) is 0 Å². The molecule has 0 heterocycles. The zero-order valence-corrected chi connectivity index (χ0v) is 4.55. The van der Waals surface area contributed by atoms with E-state index in [2.05, 4.69) is 19.6 Å². The lowest BCUT2D eigenvalue weighted by molar-refractivity contribution is 0.905. The van der Waals surface area contributed by atoms with E-state index in [1.165, 1.54) is 0 Å². The molecular weight excluding hydrogens is 80.1 g/mol. The number of hydrogen-bond acceptors (Lipinski definition) is 1. The van der Waals surface area contributed by atoms with Crippen LogP contribution >= 0.6 is 12.6 Å². The van der Waals surface area contributed by atoms with E-state index in [0.717, 1.165) is 0 Å². The summed E-state index contributed by atoms with van der Waals surface area (Å²) in [7, 11) is 0. The minimum Gasteiger partial charge on any atom is -0.173 e. The lowest BCUT2D eigenvalue weighted by Crippen LogP contribution is -2.00. The molecule has 0 aliphatic rings. The van der Waals surface area contributed by atoms with Crippen LogP contribution in [0.3, 0.4) is 0 Å². The van der Waals surface area contributed by atoms with Gasteiger partial charge in [-0.05, 0) is 6.92 Å². The van der Waals surface area contributed by atoms with E-state index >= 15 is 0 Å². The van der Waals surface area contributed by atoms with Gasteiger partial charge in [0.05, 0.1) is 0 Å². The molecule has 0 N–H and O–H groups in total. The summed E-state index contributed by atoms with van der Waals surface area (Å²) in [6, 6.07) is 0. The third kappa shape index (κ3) is 196. The highest BCUT2D eigenvalue weighted by Gasteiger charge is 1.97. The fraction of sp³-hybridized carbons (Fsp3) is 0.750. The minimum absolute atomic E-state index is 0.0556. The fourth-order valence-corrected chi connectivity index (χ4v) is 0. The molecule has 0 atom stereocenters. The fourth-order valence-electron chi connectivity index (χ4n) is 0. The Morgan fingerprint density at radius 3 is 1.60 bits per heavy atom. The Bertz CT molecular complexity index is 19.1. The normalized spacial score (nSPS) is 12.0. The molecule has 5 heavy (non-hydrogen) atoms. The van der Waals surface area contributed by atoms with E-state index in [0.29, 0.717) is 0 Å². The van der Waals surface area contributed by atoms with Crippen LogP contribution in [-0.4, -0.2) is 4.75 Å². The van der Waals surface area contributed by atoms with E-state index in [4.69, 9.17) is 0 Å². The van der Waals surface area contributed by atoms with Gasteiger partial charge in [-0.15, -0.1) is 0 Å². The first-order valence-electron chi connectivity index (χ1n) is 1.58. The second-order valence-corrected chi connectivity index (χ2v) is 3.02. The standard InChI is InChI=1S/C4H9S/c1-4(2,3)5/h5H,1H2,2-3H3. The minimum atomic E-state index is -0.0556. The van der Waals surface area contributed by atoms with Crippen LogP contribution in [0, 0.1) is 6.92 Å². The lowest BCUT2D eigenvalue weighted by atomic mass is 10.3. The highest BCUT2D eigenvalue weighted by molar-refractivity contribution is 7.81. The molecule has 0 unspecified atom stereocenters. The molecule has 1 radical (unpaired) electrons. The van der Waals surface area contributed by atoms with E-state index in [9.17, 15) is 0 Å². The van der Waals surface area contributed by atoms with Crippen molar-refractivity contribution >= 4 is 12.6 Å². The van der Waals surface area contributed by atoms with Crippen LogP contribution in [0.1, 0.15) is 13.8 Å². The molecule has 0 aromatic heterocycles. The number of rotatable bonds is 0. The summed E-state index contributed by atoms with van der Waals surface area (Å²) in [6.07, 6.45) is 0. The van der Waals surface area contributed by atoms with Crippen molar-refractivity contribution in [1.82, 2.24) is 0 Å². The van der Waals surface area contributed by atoms with Gasteiger partial charge >= 0.3 is 0 Å². The Kier molecular flexibility index (Phi) is 1.30. The van der Waals surface area contributed by atoms with Crippen molar-refractivity contribution in [1.29, 1.82) is 0 Å². The molecule has 0 rings (SSSR count). The molecule has 0 aromatic carbocycles. The van der Waals surface area contributed by atoms with E-state index < -0.39 is 0 Å². The molecule has 1 heteroatoms. The highest BCUT2D eigenvalue weighted by Crippen LogP contribution is 2.06. The summed E-state index contributed by atoms with van der Waals surface area (Å²) in [5, 5.41) is 0. The summed E-state index contributed by atoms with van der Waals surface area (Å²) in [5.41, 5.74) is 0. The van der Waals surface area contributed by atoms with Crippen molar-refractivity contribution < 1.29 is 0 Å². The smallest absolute Gasteiger partial charge is 0.00736 e. The average Bonchev–Trinajstić information content (AvgIpc) is 0.722. The summed E-state index contributed by atoms with van der Waals surface area (Å²) >= 11 is 4.01. The predicted molar refractivity (Wildman–Crippen MR) is 28.4 cm³/mol. The van der Waals surface area contributed by atoms with Crippen LogP contribution in [0.4, 0.5) is 0 Å². The molecule has 0 spiro atoms. The van der Waals surface area contributed by atoms with Crippen molar-refractivity contribution in [3.05, 3.63) is 6.92 Å². The molecule has 0 fully saturated rings. The molecule has 0 saturated heterocycles. The quantitative estimate of drug-likeness (QED) is 0.427. The van der Waals surface area contributed by atoms with Crippen molar-refractivity contribution in [2.75, 3.05) is 0 Å². The highest BCUT2D eigenvalue weighted by atomic mass is 32.1. The summed E-state index contributed by atoms with van der Waals surface area (Å²) < 4.78 is -0.0556. The van der Waals surface area contributed by atoms with E-state index in [-0.39, 0.29) is 4.75 Å². The first-order chi connectivity index (χ1) is 2.00. The zero-order valence-electron chi connectivity index (χ0n) is 3.65. The molecule has 0 bridgehead atoms. The maximum absolute atomic E-state index is 4.01. The van der Waals surface area contributed by atoms with Gasteiger partial charge in [0, 0.05) is 4.75 Å². The SMILES string of the molecule is [CH2]C(C)(C)S. The zero-order chi connectivity index (χ0) is 4.50. The topological polar surface area (TPSA) is 0 Å². The predicted octanol–water partition coefficient (Wildman–Crippen LogP) is 1.53. The van der Waals surface area contributed by atoms with E-state index in [1.54, 1.807) is 0 Å². The van der Waals surface area contributed by atoms with Gasteiger partial charge in [0.2, 0.25) is 0 Å². The number of thiol groups is 1. The lowest BCUT2D eigenvalue weighted by Gasteiger charge is -2.04. The third-order valence-electron chi connectivity index (χ3n) is 0. The molecule has 0 aliphatic carbocycles. The van der Waals surface area contributed by atoms with Crippen molar-refractivity contribution in [3.8, 4) is 0 Å². The molecular formula is C4H9S. The van der Waals surface area contributed by atoms with Gasteiger partial charge < -0.3 is 0 Å². The van der Waals surface area contributed by atoms with Gasteiger partial charge in [-0.3, -0.25) is 0 Å². The van der Waals surface area contributed by atoms with Crippen molar-refractivity contribution in [3.63, 3.8) is 0 Å². The molecule has 0 saturated carbocycles. The summed E-state index contributed by atoms with van der Waals surface area (Å²) in [6.45, 7) is 7.52. The average molecular weight is 89.2 g/mol. The van der Waals surface area contributed by atoms with Gasteiger partial charge in [0.15, 0.2) is 0 Å². The van der Waals surface area contributed by atoms with Gasteiger partial charge in [0.25, 0.3) is 0 Å². The Labute approximate surface area is 39.0 Å². The monoisotopic (exact) mass is 89.0 g/mol. The van der Waals surface area contributed by atoms with Gasteiger partial charge in [0.1, 0.15) is 0 Å². The Hall–Kier alpha value is 0.350. The Morgan fingerprint density at radius 2 is 1.60 bits per heavy atom. The number of hydrogen-bond donors (Lipinski definition) is 1. The van der Waals surface area contributed by atoms with Gasteiger partial charge in [-0.2, -0.15) is 12.6 Å². The largest absolute Gasteiger partial charge is 0.173 e. The van der Waals surface area contributed by atoms with Crippen LogP contribution in [0.15, 0.2) is 0 Å². The van der Waals surface area contributed by atoms with Crippen LogP contribution in [0.2, 0.25) is 0 Å². The van der Waals surface area contributed by atoms with Crippen molar-refractivity contribution in [2.45, 2.75) is 18.6 Å². The Morgan fingerprint density at radius 1 is 1.60 bits per heavy atom.